The summed E-state index contributed by atoms with van der Waals surface area (Å²) in [6.07, 6.45) is 1.58. The molecule has 0 aliphatic rings. The zero-order valence-corrected chi connectivity index (χ0v) is 39.5. The van der Waals surface area contributed by atoms with E-state index in [2.05, 4.69) is 84.0 Å². The molecule has 0 aliphatic heterocycles. The lowest BCUT2D eigenvalue weighted by atomic mass is 9.78. The number of rotatable bonds is 7. The maximum absolute atomic E-state index is 12.4. The molecule has 0 unspecified atom stereocenters. The summed E-state index contributed by atoms with van der Waals surface area (Å²) in [5, 5.41) is 12.4. The van der Waals surface area contributed by atoms with E-state index in [0.29, 0.717) is 39.4 Å². The minimum absolute atomic E-state index is 0.0574. The van der Waals surface area contributed by atoms with Crippen LogP contribution in [-0.2, 0) is 16.2 Å². The van der Waals surface area contributed by atoms with Gasteiger partial charge in [-0.05, 0) is 140 Å². The molecule has 1 N–H and O–H groups in total. The number of aryl methyl sites for hydroxylation is 2. The van der Waals surface area contributed by atoms with E-state index in [4.69, 9.17) is 16.8 Å². The quantitative estimate of drug-likeness (QED) is 0.174. The average Bonchev–Trinajstić information content (AvgIpc) is 3.74. The average molecular weight is 872 g/mol. The Morgan fingerprint density at radius 1 is 0.561 bits per heavy atom. The SMILES string of the molecule is [2H]c1c([2H])c([2H])c(-c2ccnc(-c3cc(-c4cccc5c4nc(-c4cc(C)cc(C(C)(C)C)c4O)n5-c4ccc(-c5c(-c6ccccc6)cccc5C(C)(C)C)cc4C([2H])([2H])[2H])cc(C(C)(C)C)c3)c2)c([2H])c1[2H]. The molecule has 4 heteroatoms. The molecule has 0 bridgehead atoms. The molecule has 2 heterocycles. The van der Waals surface area contributed by atoms with Gasteiger partial charge in [0.1, 0.15) is 11.6 Å². The molecule has 0 fully saturated rings. The van der Waals surface area contributed by atoms with Gasteiger partial charge >= 0.3 is 0 Å². The summed E-state index contributed by atoms with van der Waals surface area (Å²) in [6.45, 7) is 18.4. The standard InChI is InChI=1S/C62H61N3O/c1-39-32-50(58(66)52(33-39)62(9,10)11)59-64-57-49(45-35-46(37-47(36-45)60(3,4)5)53-38-43(30-31-63-53)41-20-14-12-15-21-41)25-19-27-55(57)65(59)54-29-28-44(34-40(54)2)56-48(42-22-16-13-17-23-42)24-18-26-51(56)61(6,7)8/h12-38,66H,1-11H3/i2D3,12D,14D,15D,20D,21D. The second kappa shape index (κ2) is 16.7. The van der Waals surface area contributed by atoms with Crippen LogP contribution in [0.3, 0.4) is 0 Å². The first-order chi connectivity index (χ1) is 34.6. The minimum Gasteiger partial charge on any atom is -0.507 e. The predicted molar refractivity (Wildman–Crippen MR) is 279 cm³/mol. The maximum atomic E-state index is 12.4. The van der Waals surface area contributed by atoms with Crippen molar-refractivity contribution in [2.24, 2.45) is 0 Å². The number of hydrogen-bond donors (Lipinski definition) is 1. The summed E-state index contributed by atoms with van der Waals surface area (Å²) in [5.41, 5.74) is 11.8. The lowest BCUT2D eigenvalue weighted by Crippen LogP contribution is -2.13. The molecule has 9 rings (SSSR count). The monoisotopic (exact) mass is 872 g/mol. The fourth-order valence-electron chi connectivity index (χ4n) is 9.01. The number of imidazole rings is 1. The number of aromatic nitrogens is 3. The summed E-state index contributed by atoms with van der Waals surface area (Å²) in [6, 6.07) is 39.6. The van der Waals surface area contributed by atoms with E-state index in [9.17, 15) is 9.22 Å². The van der Waals surface area contributed by atoms with Crippen molar-refractivity contribution >= 4 is 11.0 Å². The van der Waals surface area contributed by atoms with Crippen LogP contribution in [0.1, 0.15) is 101 Å². The third-order valence-corrected chi connectivity index (χ3v) is 12.4. The Kier molecular flexibility index (Phi) is 8.95. The molecule has 2 aromatic heterocycles. The van der Waals surface area contributed by atoms with Crippen molar-refractivity contribution in [2.45, 2.75) is 92.3 Å². The number of phenols is 1. The summed E-state index contributed by atoms with van der Waals surface area (Å²) in [5.74, 6) is 0.430. The minimum atomic E-state index is -2.60. The highest BCUT2D eigenvalue weighted by molar-refractivity contribution is 5.97. The van der Waals surface area contributed by atoms with Crippen LogP contribution in [0.2, 0.25) is 0 Å². The third-order valence-electron chi connectivity index (χ3n) is 12.4. The number of hydrogen-bond acceptors (Lipinski definition) is 3. The van der Waals surface area contributed by atoms with Crippen LogP contribution in [0, 0.1) is 13.8 Å². The first-order valence-corrected chi connectivity index (χ1v) is 22.5. The highest BCUT2D eigenvalue weighted by atomic mass is 16.3. The Hall–Kier alpha value is -7.04. The molecule has 0 amide bonds. The van der Waals surface area contributed by atoms with Crippen LogP contribution in [0.4, 0.5) is 0 Å². The van der Waals surface area contributed by atoms with Crippen LogP contribution in [0.5, 0.6) is 5.75 Å². The maximum Gasteiger partial charge on any atom is 0.149 e. The number of aromatic hydroxyl groups is 1. The molecule has 0 saturated heterocycles. The van der Waals surface area contributed by atoms with Crippen LogP contribution < -0.4 is 0 Å². The fourth-order valence-corrected chi connectivity index (χ4v) is 9.01. The van der Waals surface area contributed by atoms with E-state index in [1.165, 1.54) is 0 Å². The topological polar surface area (TPSA) is 50.9 Å². The van der Waals surface area contributed by atoms with E-state index < -0.39 is 30.4 Å². The summed E-state index contributed by atoms with van der Waals surface area (Å²) in [7, 11) is 0. The Bertz CT molecular complexity index is 3660. The zero-order chi connectivity index (χ0) is 53.6. The molecular formula is C62H61N3O. The van der Waals surface area contributed by atoms with Gasteiger partial charge in [-0.2, -0.15) is 0 Å². The Balaban J connectivity index is 1.34. The molecule has 4 nitrogen and oxygen atoms in total. The number of para-hydroxylation sites is 1. The molecule has 66 heavy (non-hydrogen) atoms. The predicted octanol–water partition coefficient (Wildman–Crippen LogP) is 16.6. The van der Waals surface area contributed by atoms with Gasteiger partial charge in [0.2, 0.25) is 0 Å². The zero-order valence-electron chi connectivity index (χ0n) is 47.5. The molecule has 7 aromatic carbocycles. The number of pyridine rings is 1. The van der Waals surface area contributed by atoms with Crippen molar-refractivity contribution in [1.29, 1.82) is 0 Å². The molecule has 0 spiro atoms. The number of benzene rings is 7. The van der Waals surface area contributed by atoms with Crippen molar-refractivity contribution in [3.05, 3.63) is 192 Å². The highest BCUT2D eigenvalue weighted by Crippen LogP contribution is 2.45. The van der Waals surface area contributed by atoms with Crippen LogP contribution in [0.25, 0.3) is 83.9 Å². The molecule has 0 atom stereocenters. The second-order valence-corrected chi connectivity index (χ2v) is 20.5. The van der Waals surface area contributed by atoms with Gasteiger partial charge in [-0.25, -0.2) is 4.98 Å². The number of fused-ring (bicyclic) bond motifs is 1. The Morgan fingerprint density at radius 2 is 1.27 bits per heavy atom. The van der Waals surface area contributed by atoms with Crippen molar-refractivity contribution < 1.29 is 16.1 Å². The van der Waals surface area contributed by atoms with Crippen LogP contribution in [0.15, 0.2) is 164 Å². The van der Waals surface area contributed by atoms with Crippen molar-refractivity contribution in [3.8, 4) is 78.6 Å². The third kappa shape index (κ3) is 8.37. The first kappa shape index (κ1) is 35.2. The van der Waals surface area contributed by atoms with E-state index >= 15 is 0 Å². The van der Waals surface area contributed by atoms with Gasteiger partial charge in [0, 0.05) is 27.0 Å². The summed E-state index contributed by atoms with van der Waals surface area (Å²) >= 11 is 0. The van der Waals surface area contributed by atoms with Crippen molar-refractivity contribution in [3.63, 3.8) is 0 Å². The lowest BCUT2D eigenvalue weighted by molar-refractivity contribution is 0.448. The molecule has 330 valence electrons. The van der Waals surface area contributed by atoms with Gasteiger partial charge in [-0.1, -0.05) is 171 Å². The molecule has 0 radical (unpaired) electrons. The molecular weight excluding hydrogens is 803 g/mol. The summed E-state index contributed by atoms with van der Waals surface area (Å²) < 4.78 is 71.9. The van der Waals surface area contributed by atoms with Gasteiger partial charge in [-0.15, -0.1) is 0 Å². The van der Waals surface area contributed by atoms with Gasteiger partial charge in [0.25, 0.3) is 0 Å². The van der Waals surface area contributed by atoms with Crippen LogP contribution in [-0.4, -0.2) is 19.6 Å². The van der Waals surface area contributed by atoms with Gasteiger partial charge in [0.05, 0.1) is 34.8 Å². The van der Waals surface area contributed by atoms with Gasteiger partial charge < -0.3 is 5.11 Å². The lowest BCUT2D eigenvalue weighted by Gasteiger charge is -2.26. The highest BCUT2D eigenvalue weighted by Gasteiger charge is 2.28. The van der Waals surface area contributed by atoms with Crippen molar-refractivity contribution in [2.75, 3.05) is 0 Å². The molecule has 9 aromatic rings. The largest absolute Gasteiger partial charge is 0.507 e. The van der Waals surface area contributed by atoms with Gasteiger partial charge in [-0.3, -0.25) is 9.55 Å². The molecule has 0 aliphatic carbocycles. The van der Waals surface area contributed by atoms with Crippen molar-refractivity contribution in [1.82, 2.24) is 14.5 Å². The van der Waals surface area contributed by atoms with Gasteiger partial charge in [0.15, 0.2) is 0 Å². The molecule has 0 saturated carbocycles. The fraction of sp³-hybridized carbons (Fsp3) is 0.226. The van der Waals surface area contributed by atoms with Crippen LogP contribution >= 0.6 is 0 Å². The Labute approximate surface area is 403 Å². The normalized spacial score (nSPS) is 14.2. The summed E-state index contributed by atoms with van der Waals surface area (Å²) in [4.78, 5) is 10.2. The smallest absolute Gasteiger partial charge is 0.149 e. The van der Waals surface area contributed by atoms with E-state index in [1.807, 2.05) is 99.0 Å². The first-order valence-electron chi connectivity index (χ1n) is 26.5. The van der Waals surface area contributed by atoms with E-state index in [-0.39, 0.29) is 39.8 Å². The van der Waals surface area contributed by atoms with E-state index in [0.717, 1.165) is 61.2 Å². The Morgan fingerprint density at radius 3 is 1.98 bits per heavy atom. The van der Waals surface area contributed by atoms with E-state index in [1.54, 1.807) is 24.4 Å². The number of phenolic OH excluding ortho intramolecular Hbond substituents is 1. The second-order valence-electron chi connectivity index (χ2n) is 20.5. The number of nitrogens with zero attached hydrogens (tertiary/aromatic N) is 3.